The van der Waals surface area contributed by atoms with Crippen LogP contribution < -0.4 is 14.8 Å². The summed E-state index contributed by atoms with van der Waals surface area (Å²) in [5, 5.41) is 7.54. The molecule has 2 heterocycles. The van der Waals surface area contributed by atoms with Gasteiger partial charge < -0.3 is 14.8 Å². The van der Waals surface area contributed by atoms with E-state index < -0.39 is 0 Å². The predicted octanol–water partition coefficient (Wildman–Crippen LogP) is 3.25. The lowest BCUT2D eigenvalue weighted by Gasteiger charge is -2.15. The maximum atomic E-state index is 12.7. The first kappa shape index (κ1) is 16.4. The summed E-state index contributed by atoms with van der Waals surface area (Å²) in [4.78, 5) is 12.7. The van der Waals surface area contributed by atoms with Crippen molar-refractivity contribution in [3.05, 3.63) is 41.2 Å². The molecule has 6 nitrogen and oxygen atoms in total. The summed E-state index contributed by atoms with van der Waals surface area (Å²) in [6.45, 7) is 9.03. The molecule has 1 aromatic heterocycles. The number of ether oxygens (including phenoxy) is 2. The molecule has 0 spiro atoms. The smallest absolute Gasteiger partial charge is 0.255 e. The van der Waals surface area contributed by atoms with Crippen LogP contribution in [0.25, 0.3) is 0 Å². The van der Waals surface area contributed by atoms with Crippen LogP contribution >= 0.6 is 0 Å². The van der Waals surface area contributed by atoms with Crippen LogP contribution in [0.5, 0.6) is 11.5 Å². The summed E-state index contributed by atoms with van der Waals surface area (Å²) in [7, 11) is 0. The van der Waals surface area contributed by atoms with E-state index in [0.717, 1.165) is 29.3 Å². The highest BCUT2D eigenvalue weighted by Crippen LogP contribution is 2.34. The molecule has 0 unspecified atom stereocenters. The van der Waals surface area contributed by atoms with E-state index in [1.54, 1.807) is 4.68 Å². The largest absolute Gasteiger partial charge is 0.454 e. The number of rotatable bonds is 5. The quantitative estimate of drug-likeness (QED) is 0.914. The summed E-state index contributed by atoms with van der Waals surface area (Å²) in [6, 6.07) is 5.58. The standard InChI is InChI=1S/C18H23N3O3/c1-5-21-9-14(17(20-21)11(2)3)18(22)19-12(4)13-6-7-15-16(8-13)24-10-23-15/h6-9,11-12H,5,10H2,1-4H3,(H,19,22)/t12-/m1/s1. The van der Waals surface area contributed by atoms with Crippen LogP contribution in [0.4, 0.5) is 0 Å². The molecule has 1 amide bonds. The normalized spacial score (nSPS) is 14.0. The van der Waals surface area contributed by atoms with Crippen molar-refractivity contribution >= 4 is 5.91 Å². The van der Waals surface area contributed by atoms with E-state index in [2.05, 4.69) is 10.4 Å². The van der Waals surface area contributed by atoms with Gasteiger partial charge >= 0.3 is 0 Å². The van der Waals surface area contributed by atoms with Crippen molar-refractivity contribution < 1.29 is 14.3 Å². The van der Waals surface area contributed by atoms with E-state index >= 15 is 0 Å². The third-order valence-electron chi connectivity index (χ3n) is 4.15. The summed E-state index contributed by atoms with van der Waals surface area (Å²) in [5.74, 6) is 1.54. The molecule has 128 valence electrons. The van der Waals surface area contributed by atoms with Crippen LogP contribution in [0.1, 0.15) is 61.3 Å². The first-order chi connectivity index (χ1) is 11.5. The second kappa shape index (κ2) is 6.55. The van der Waals surface area contributed by atoms with Crippen molar-refractivity contribution in [1.29, 1.82) is 0 Å². The lowest BCUT2D eigenvalue weighted by Crippen LogP contribution is -2.27. The lowest BCUT2D eigenvalue weighted by molar-refractivity contribution is 0.0938. The summed E-state index contributed by atoms with van der Waals surface area (Å²) in [5.41, 5.74) is 2.44. The van der Waals surface area contributed by atoms with Crippen LogP contribution in [-0.4, -0.2) is 22.5 Å². The molecule has 1 aliphatic heterocycles. The maximum absolute atomic E-state index is 12.7. The number of aryl methyl sites for hydroxylation is 1. The molecule has 0 saturated carbocycles. The van der Waals surface area contributed by atoms with E-state index in [1.807, 2.05) is 52.1 Å². The number of amides is 1. The van der Waals surface area contributed by atoms with Gasteiger partial charge in [-0.2, -0.15) is 5.10 Å². The average molecular weight is 329 g/mol. The van der Waals surface area contributed by atoms with Gasteiger partial charge in [-0.3, -0.25) is 9.48 Å². The average Bonchev–Trinajstić information content (AvgIpc) is 3.20. The predicted molar refractivity (Wildman–Crippen MR) is 90.4 cm³/mol. The maximum Gasteiger partial charge on any atom is 0.255 e. The van der Waals surface area contributed by atoms with Gasteiger partial charge in [-0.25, -0.2) is 0 Å². The molecule has 0 fully saturated rings. The van der Waals surface area contributed by atoms with Crippen molar-refractivity contribution in [3.63, 3.8) is 0 Å². The zero-order chi connectivity index (χ0) is 17.3. The number of hydrogen-bond acceptors (Lipinski definition) is 4. The molecule has 0 radical (unpaired) electrons. The third-order valence-corrected chi connectivity index (χ3v) is 4.15. The fourth-order valence-electron chi connectivity index (χ4n) is 2.74. The Hall–Kier alpha value is -2.50. The second-order valence-electron chi connectivity index (χ2n) is 6.25. The van der Waals surface area contributed by atoms with Crippen LogP contribution in [0.3, 0.4) is 0 Å². The SMILES string of the molecule is CCn1cc(C(=O)N[C@H](C)c2ccc3c(c2)OCO3)c(C(C)C)n1. The van der Waals surface area contributed by atoms with Crippen LogP contribution in [0.15, 0.2) is 24.4 Å². The molecule has 1 aliphatic rings. The molecular formula is C18H23N3O3. The number of benzene rings is 1. The molecule has 24 heavy (non-hydrogen) atoms. The molecule has 2 aromatic rings. The minimum atomic E-state index is -0.142. The van der Waals surface area contributed by atoms with Crippen molar-refractivity contribution in [1.82, 2.24) is 15.1 Å². The summed E-state index contributed by atoms with van der Waals surface area (Å²) >= 11 is 0. The fraction of sp³-hybridized carbons (Fsp3) is 0.444. The van der Waals surface area contributed by atoms with E-state index in [1.165, 1.54) is 0 Å². The van der Waals surface area contributed by atoms with E-state index in [0.29, 0.717) is 5.56 Å². The number of fused-ring (bicyclic) bond motifs is 1. The van der Waals surface area contributed by atoms with Crippen molar-refractivity contribution in [2.24, 2.45) is 0 Å². The number of carbonyl (C=O) groups excluding carboxylic acids is 1. The van der Waals surface area contributed by atoms with Crippen molar-refractivity contribution in [2.45, 2.75) is 46.2 Å². The lowest BCUT2D eigenvalue weighted by atomic mass is 10.0. The van der Waals surface area contributed by atoms with Crippen molar-refractivity contribution in [2.75, 3.05) is 6.79 Å². The number of carbonyl (C=O) groups is 1. The molecule has 3 rings (SSSR count). The van der Waals surface area contributed by atoms with Gasteiger partial charge in [-0.05, 0) is 37.5 Å². The van der Waals surface area contributed by atoms with Gasteiger partial charge in [-0.1, -0.05) is 19.9 Å². The molecule has 1 atom stereocenters. The molecular weight excluding hydrogens is 306 g/mol. The summed E-state index contributed by atoms with van der Waals surface area (Å²) in [6.07, 6.45) is 1.82. The number of aromatic nitrogens is 2. The molecule has 0 bridgehead atoms. The Morgan fingerprint density at radius 1 is 1.29 bits per heavy atom. The van der Waals surface area contributed by atoms with Gasteiger partial charge in [0, 0.05) is 12.7 Å². The Kier molecular flexibility index (Phi) is 4.46. The van der Waals surface area contributed by atoms with Gasteiger partial charge in [0.1, 0.15) is 0 Å². The van der Waals surface area contributed by atoms with E-state index in [4.69, 9.17) is 9.47 Å². The Bertz CT molecular complexity index is 752. The Morgan fingerprint density at radius 3 is 2.75 bits per heavy atom. The Balaban J connectivity index is 1.78. The Morgan fingerprint density at radius 2 is 2.04 bits per heavy atom. The fourth-order valence-corrected chi connectivity index (χ4v) is 2.74. The van der Waals surface area contributed by atoms with Gasteiger partial charge in [-0.15, -0.1) is 0 Å². The second-order valence-corrected chi connectivity index (χ2v) is 6.25. The first-order valence-electron chi connectivity index (χ1n) is 8.27. The van der Waals surface area contributed by atoms with Gasteiger partial charge in [0.05, 0.1) is 17.3 Å². The van der Waals surface area contributed by atoms with Gasteiger partial charge in [0.15, 0.2) is 11.5 Å². The van der Waals surface area contributed by atoms with Crippen LogP contribution in [0, 0.1) is 0 Å². The highest BCUT2D eigenvalue weighted by atomic mass is 16.7. The molecule has 6 heteroatoms. The minimum Gasteiger partial charge on any atom is -0.454 e. The zero-order valence-corrected chi connectivity index (χ0v) is 14.5. The molecule has 0 aliphatic carbocycles. The number of nitrogens with zero attached hydrogens (tertiary/aromatic N) is 2. The first-order valence-corrected chi connectivity index (χ1v) is 8.27. The molecule has 1 N–H and O–H groups in total. The Labute approximate surface area is 141 Å². The van der Waals surface area contributed by atoms with Crippen LogP contribution in [0.2, 0.25) is 0 Å². The topological polar surface area (TPSA) is 65.4 Å². The highest BCUT2D eigenvalue weighted by molar-refractivity contribution is 5.95. The third kappa shape index (κ3) is 3.09. The van der Waals surface area contributed by atoms with E-state index in [-0.39, 0.29) is 24.7 Å². The minimum absolute atomic E-state index is 0.108. The number of nitrogens with one attached hydrogen (secondary N) is 1. The van der Waals surface area contributed by atoms with Gasteiger partial charge in [0.2, 0.25) is 6.79 Å². The monoisotopic (exact) mass is 329 g/mol. The highest BCUT2D eigenvalue weighted by Gasteiger charge is 2.21. The van der Waals surface area contributed by atoms with E-state index in [9.17, 15) is 4.79 Å². The zero-order valence-electron chi connectivity index (χ0n) is 14.5. The molecule has 0 saturated heterocycles. The summed E-state index contributed by atoms with van der Waals surface area (Å²) < 4.78 is 12.5. The van der Waals surface area contributed by atoms with Crippen molar-refractivity contribution in [3.8, 4) is 11.5 Å². The van der Waals surface area contributed by atoms with Crippen LogP contribution in [-0.2, 0) is 6.54 Å². The number of hydrogen-bond donors (Lipinski definition) is 1. The molecule has 1 aromatic carbocycles. The van der Waals surface area contributed by atoms with Gasteiger partial charge in [0.25, 0.3) is 5.91 Å².